The molecule has 0 radical (unpaired) electrons. The van der Waals surface area contributed by atoms with Gasteiger partial charge in [-0.05, 0) is 44.1 Å². The lowest BCUT2D eigenvalue weighted by Crippen LogP contribution is -2.34. The summed E-state index contributed by atoms with van der Waals surface area (Å²) in [5.41, 5.74) is 0.309. The second-order valence-corrected chi connectivity index (χ2v) is 5.72. The zero-order chi connectivity index (χ0) is 15.2. The molecule has 1 aromatic rings. The van der Waals surface area contributed by atoms with Crippen molar-refractivity contribution in [2.24, 2.45) is 0 Å². The number of carbonyl (C=O) groups is 2. The number of aromatic carboxylic acids is 1. The number of ether oxygens (including phenoxy) is 1. The van der Waals surface area contributed by atoms with E-state index in [1.165, 1.54) is 6.07 Å². The Balaban J connectivity index is 1.92. The number of carbonyl (C=O) groups excluding carboxylic acids is 1. The normalized spacial score (nSPS) is 15.7. The zero-order valence-electron chi connectivity index (χ0n) is 11.4. The van der Waals surface area contributed by atoms with E-state index in [0.717, 1.165) is 25.9 Å². The van der Waals surface area contributed by atoms with Crippen molar-refractivity contribution in [3.8, 4) is 0 Å². The maximum atomic E-state index is 11.9. The van der Waals surface area contributed by atoms with Crippen molar-refractivity contribution < 1.29 is 19.4 Å². The molecule has 0 spiro atoms. The molecule has 0 unspecified atom stereocenters. The smallest absolute Gasteiger partial charge is 0.337 e. The van der Waals surface area contributed by atoms with Crippen LogP contribution in [0.25, 0.3) is 0 Å². The summed E-state index contributed by atoms with van der Waals surface area (Å²) in [4.78, 5) is 23.0. The third kappa shape index (κ3) is 4.80. The molecule has 21 heavy (non-hydrogen) atoms. The fourth-order valence-corrected chi connectivity index (χ4v) is 2.51. The number of nitrogens with one attached hydrogen (secondary N) is 2. The van der Waals surface area contributed by atoms with Crippen LogP contribution < -0.4 is 10.6 Å². The molecule has 1 aliphatic rings. The van der Waals surface area contributed by atoms with Gasteiger partial charge in [0.15, 0.2) is 0 Å². The van der Waals surface area contributed by atoms with E-state index >= 15 is 0 Å². The first-order valence-corrected chi connectivity index (χ1v) is 7.50. The first kappa shape index (κ1) is 15.9. The molecule has 1 heterocycles. The van der Waals surface area contributed by atoms with Crippen LogP contribution in [0.5, 0.6) is 0 Å². The molecule has 0 bridgehead atoms. The maximum absolute atomic E-state index is 11.9. The van der Waals surface area contributed by atoms with Crippen molar-refractivity contribution >= 4 is 33.5 Å². The van der Waals surface area contributed by atoms with E-state index in [1.807, 2.05) is 0 Å². The highest BCUT2D eigenvalue weighted by Gasteiger charge is 2.16. The Morgan fingerprint density at radius 3 is 2.76 bits per heavy atom. The van der Waals surface area contributed by atoms with Gasteiger partial charge in [0.05, 0.1) is 17.4 Å². The molecule has 0 saturated carbocycles. The average molecular weight is 357 g/mol. The fourth-order valence-electron chi connectivity index (χ4n) is 2.15. The Morgan fingerprint density at radius 2 is 2.10 bits per heavy atom. The summed E-state index contributed by atoms with van der Waals surface area (Å²) in [6.45, 7) is 1.71. The molecule has 3 N–H and O–H groups in total. The summed E-state index contributed by atoms with van der Waals surface area (Å²) in [6.07, 6.45) is 1.84. The van der Waals surface area contributed by atoms with Gasteiger partial charge in [0.1, 0.15) is 6.61 Å². The van der Waals surface area contributed by atoms with Gasteiger partial charge in [0.2, 0.25) is 5.91 Å². The molecule has 1 amide bonds. The number of carboxylic acids is 1. The van der Waals surface area contributed by atoms with Crippen LogP contribution in [-0.2, 0) is 9.53 Å². The number of piperidine rings is 1. The van der Waals surface area contributed by atoms with Gasteiger partial charge >= 0.3 is 5.97 Å². The predicted molar refractivity (Wildman–Crippen MR) is 81.6 cm³/mol. The van der Waals surface area contributed by atoms with Gasteiger partial charge in [0, 0.05) is 4.47 Å². The van der Waals surface area contributed by atoms with Gasteiger partial charge in [-0.2, -0.15) is 0 Å². The highest BCUT2D eigenvalue weighted by molar-refractivity contribution is 9.10. The van der Waals surface area contributed by atoms with E-state index in [1.54, 1.807) is 12.1 Å². The molecule has 1 aliphatic heterocycles. The monoisotopic (exact) mass is 356 g/mol. The molecule has 0 aliphatic carbocycles. The van der Waals surface area contributed by atoms with Crippen molar-refractivity contribution in [2.45, 2.75) is 18.9 Å². The lowest BCUT2D eigenvalue weighted by molar-refractivity contribution is -0.123. The average Bonchev–Trinajstić information content (AvgIpc) is 2.46. The highest BCUT2D eigenvalue weighted by Crippen LogP contribution is 2.21. The number of benzene rings is 1. The minimum absolute atomic E-state index is 0.0495. The van der Waals surface area contributed by atoms with Gasteiger partial charge < -0.3 is 20.5 Å². The largest absolute Gasteiger partial charge is 0.478 e. The Bertz CT molecular complexity index is 530. The number of hydrogen-bond acceptors (Lipinski definition) is 4. The molecular weight excluding hydrogens is 340 g/mol. The highest BCUT2D eigenvalue weighted by atomic mass is 79.9. The summed E-state index contributed by atoms with van der Waals surface area (Å²) in [6, 6.07) is 4.62. The molecule has 1 aromatic carbocycles. The van der Waals surface area contributed by atoms with Gasteiger partial charge in [-0.1, -0.05) is 15.9 Å². The van der Waals surface area contributed by atoms with E-state index in [9.17, 15) is 9.59 Å². The van der Waals surface area contributed by atoms with Crippen molar-refractivity contribution in [1.82, 2.24) is 5.32 Å². The van der Waals surface area contributed by atoms with Crippen molar-refractivity contribution in [1.29, 1.82) is 0 Å². The molecular formula is C14H17BrN2O4. The molecule has 114 valence electrons. The van der Waals surface area contributed by atoms with E-state index < -0.39 is 5.97 Å². The number of halogens is 1. The lowest BCUT2D eigenvalue weighted by Gasteiger charge is -2.22. The number of rotatable bonds is 5. The molecule has 7 heteroatoms. The predicted octanol–water partition coefficient (Wildman–Crippen LogP) is 1.85. The Hall–Kier alpha value is -1.44. The summed E-state index contributed by atoms with van der Waals surface area (Å²) < 4.78 is 6.23. The van der Waals surface area contributed by atoms with Gasteiger partial charge in [-0.3, -0.25) is 4.79 Å². The van der Waals surface area contributed by atoms with Gasteiger partial charge in [-0.25, -0.2) is 4.79 Å². The van der Waals surface area contributed by atoms with Crippen LogP contribution in [0.2, 0.25) is 0 Å². The van der Waals surface area contributed by atoms with Crippen molar-refractivity contribution in [2.75, 3.05) is 25.0 Å². The third-order valence-corrected chi connectivity index (χ3v) is 3.72. The quantitative estimate of drug-likeness (QED) is 0.749. The van der Waals surface area contributed by atoms with Crippen LogP contribution in [0.3, 0.4) is 0 Å². The molecule has 0 aromatic heterocycles. The van der Waals surface area contributed by atoms with E-state index in [4.69, 9.17) is 9.84 Å². The summed E-state index contributed by atoms with van der Waals surface area (Å²) in [5.74, 6) is -1.44. The van der Waals surface area contributed by atoms with Crippen LogP contribution >= 0.6 is 15.9 Å². The zero-order valence-corrected chi connectivity index (χ0v) is 13.0. The topological polar surface area (TPSA) is 87.7 Å². The Labute approximate surface area is 131 Å². The number of anilines is 1. The van der Waals surface area contributed by atoms with Crippen LogP contribution in [0, 0.1) is 0 Å². The molecule has 1 fully saturated rings. The van der Waals surface area contributed by atoms with Gasteiger partial charge in [-0.15, -0.1) is 0 Å². The lowest BCUT2D eigenvalue weighted by atomic mass is 10.1. The Morgan fingerprint density at radius 1 is 1.38 bits per heavy atom. The van der Waals surface area contributed by atoms with Gasteiger partial charge in [0.25, 0.3) is 0 Å². The molecule has 0 atom stereocenters. The number of carboxylic acid groups (broad SMARTS) is 1. The first-order chi connectivity index (χ1) is 10.1. The van der Waals surface area contributed by atoms with E-state index in [2.05, 4.69) is 26.6 Å². The summed E-state index contributed by atoms with van der Waals surface area (Å²) in [5, 5.41) is 14.9. The standard InChI is InChI=1S/C14H17BrN2O4/c15-9-1-2-11(14(19)20)12(7-9)17-13(18)8-21-10-3-5-16-6-4-10/h1-2,7,10,16H,3-6,8H2,(H,17,18)(H,19,20). The maximum Gasteiger partial charge on any atom is 0.337 e. The van der Waals surface area contributed by atoms with Crippen LogP contribution in [-0.4, -0.2) is 42.8 Å². The fraction of sp³-hybridized carbons (Fsp3) is 0.429. The SMILES string of the molecule is O=C(COC1CCNCC1)Nc1cc(Br)ccc1C(=O)O. The molecule has 6 nitrogen and oxygen atoms in total. The number of hydrogen-bond donors (Lipinski definition) is 3. The minimum atomic E-state index is -1.09. The second kappa shape index (κ2) is 7.53. The Kier molecular flexibility index (Phi) is 5.72. The van der Waals surface area contributed by atoms with Crippen LogP contribution in [0.15, 0.2) is 22.7 Å². The van der Waals surface area contributed by atoms with E-state index in [-0.39, 0.29) is 29.9 Å². The van der Waals surface area contributed by atoms with Crippen molar-refractivity contribution in [3.05, 3.63) is 28.2 Å². The molecule has 2 rings (SSSR count). The summed E-state index contributed by atoms with van der Waals surface area (Å²) >= 11 is 3.25. The first-order valence-electron chi connectivity index (χ1n) is 6.71. The van der Waals surface area contributed by atoms with Crippen molar-refractivity contribution in [3.63, 3.8) is 0 Å². The van der Waals surface area contributed by atoms with Crippen LogP contribution in [0.1, 0.15) is 23.2 Å². The minimum Gasteiger partial charge on any atom is -0.478 e. The van der Waals surface area contributed by atoms with E-state index in [0.29, 0.717) is 4.47 Å². The van der Waals surface area contributed by atoms with Crippen LogP contribution in [0.4, 0.5) is 5.69 Å². The third-order valence-electron chi connectivity index (χ3n) is 3.22. The summed E-state index contributed by atoms with van der Waals surface area (Å²) in [7, 11) is 0. The number of amides is 1. The molecule has 1 saturated heterocycles. The second-order valence-electron chi connectivity index (χ2n) is 4.80.